The highest BCUT2D eigenvalue weighted by molar-refractivity contribution is 6.30. The third-order valence-electron chi connectivity index (χ3n) is 4.22. The average Bonchev–Trinajstić information content (AvgIpc) is 2.91. The van der Waals surface area contributed by atoms with Gasteiger partial charge in [0.15, 0.2) is 0 Å². The molecule has 4 nitrogen and oxygen atoms in total. The first-order valence-corrected chi connectivity index (χ1v) is 7.80. The van der Waals surface area contributed by atoms with Crippen molar-refractivity contribution in [2.24, 2.45) is 17.8 Å². The highest BCUT2D eigenvalue weighted by Crippen LogP contribution is 2.38. The van der Waals surface area contributed by atoms with Crippen LogP contribution in [0, 0.1) is 17.8 Å². The summed E-state index contributed by atoms with van der Waals surface area (Å²) < 4.78 is 39.0. The first-order chi connectivity index (χ1) is 11.1. The molecule has 0 spiro atoms. The number of carboxylic acid groups (broad SMARTS) is 1. The number of carboxylic acids is 1. The second-order valence-electron chi connectivity index (χ2n) is 6.07. The van der Waals surface area contributed by atoms with Crippen LogP contribution < -0.4 is 0 Å². The van der Waals surface area contributed by atoms with Gasteiger partial charge in [-0.2, -0.15) is 13.2 Å². The summed E-state index contributed by atoms with van der Waals surface area (Å²) in [5, 5.41) is 9.51. The summed E-state index contributed by atoms with van der Waals surface area (Å²) in [5.74, 6) is -6.22. The van der Waals surface area contributed by atoms with Gasteiger partial charge in [-0.1, -0.05) is 30.7 Å². The molecule has 0 radical (unpaired) electrons. The molecule has 2 rings (SSSR count). The molecule has 1 aliphatic rings. The largest absolute Gasteiger partial charge is 0.481 e. The molecule has 1 heterocycles. The van der Waals surface area contributed by atoms with Crippen molar-refractivity contribution in [3.8, 4) is 0 Å². The Morgan fingerprint density at radius 1 is 1.38 bits per heavy atom. The number of carbonyl (C=O) groups excluding carboxylic acids is 1. The van der Waals surface area contributed by atoms with Crippen molar-refractivity contribution in [3.63, 3.8) is 0 Å². The van der Waals surface area contributed by atoms with E-state index in [1.165, 1.54) is 0 Å². The molecule has 3 atom stereocenters. The summed E-state index contributed by atoms with van der Waals surface area (Å²) in [6.07, 6.45) is -4.32. The quantitative estimate of drug-likeness (QED) is 0.893. The number of hydrogen-bond acceptors (Lipinski definition) is 2. The summed E-state index contributed by atoms with van der Waals surface area (Å²) in [7, 11) is 0. The van der Waals surface area contributed by atoms with Crippen LogP contribution >= 0.6 is 11.6 Å². The van der Waals surface area contributed by atoms with Crippen LogP contribution in [0.2, 0.25) is 5.02 Å². The summed E-state index contributed by atoms with van der Waals surface area (Å²) in [5.41, 5.74) is 0.796. The van der Waals surface area contributed by atoms with E-state index in [0.717, 1.165) is 10.5 Å². The van der Waals surface area contributed by atoms with Crippen molar-refractivity contribution < 1.29 is 27.9 Å². The summed E-state index contributed by atoms with van der Waals surface area (Å²) >= 11 is 5.87. The second-order valence-corrected chi connectivity index (χ2v) is 6.51. The molecular weight excluding hydrogens is 347 g/mol. The van der Waals surface area contributed by atoms with Crippen LogP contribution in [0.15, 0.2) is 24.3 Å². The number of halogens is 4. The molecule has 24 heavy (non-hydrogen) atoms. The van der Waals surface area contributed by atoms with Crippen molar-refractivity contribution in [1.82, 2.24) is 4.90 Å². The predicted molar refractivity (Wildman–Crippen MR) is 81.6 cm³/mol. The number of amides is 1. The molecule has 1 N–H and O–H groups in total. The van der Waals surface area contributed by atoms with E-state index in [1.807, 2.05) is 0 Å². The molecule has 0 bridgehead atoms. The van der Waals surface area contributed by atoms with Crippen LogP contribution in [0.5, 0.6) is 0 Å². The zero-order valence-corrected chi connectivity index (χ0v) is 13.6. The standard InChI is InChI=1S/C16H17ClF3NO3/c1-9(5-10-3-2-4-11(17)6-10)14(22)21-7-12(15(23)24)13(8-21)16(18,19)20/h2-4,6,9,12-13H,5,7-8H2,1H3,(H,23,24)/t9?,12-,13-/m1/s1. The number of aliphatic carboxylic acids is 1. The summed E-state index contributed by atoms with van der Waals surface area (Å²) in [6.45, 7) is 0.581. The number of carbonyl (C=O) groups is 2. The average molecular weight is 364 g/mol. The van der Waals surface area contributed by atoms with Gasteiger partial charge in [-0.3, -0.25) is 9.59 Å². The Morgan fingerprint density at radius 3 is 2.54 bits per heavy atom. The van der Waals surface area contributed by atoms with Gasteiger partial charge >= 0.3 is 12.1 Å². The summed E-state index contributed by atoms with van der Waals surface area (Å²) in [6, 6.07) is 6.88. The lowest BCUT2D eigenvalue weighted by Crippen LogP contribution is -2.36. The number of benzene rings is 1. The molecular formula is C16H17ClF3NO3. The van der Waals surface area contributed by atoms with E-state index in [4.69, 9.17) is 16.7 Å². The Labute approximate surface area is 142 Å². The maximum Gasteiger partial charge on any atom is 0.394 e. The second kappa shape index (κ2) is 7.01. The van der Waals surface area contributed by atoms with Gasteiger partial charge in [0.2, 0.25) is 5.91 Å². The molecule has 132 valence electrons. The number of hydrogen-bond donors (Lipinski definition) is 1. The smallest absolute Gasteiger partial charge is 0.394 e. The lowest BCUT2D eigenvalue weighted by molar-refractivity contribution is -0.188. The Morgan fingerprint density at radius 2 is 2.04 bits per heavy atom. The Balaban J connectivity index is 2.08. The van der Waals surface area contributed by atoms with Crippen molar-refractivity contribution in [1.29, 1.82) is 0 Å². The van der Waals surface area contributed by atoms with E-state index in [9.17, 15) is 22.8 Å². The fraction of sp³-hybridized carbons (Fsp3) is 0.500. The van der Waals surface area contributed by atoms with Gasteiger partial charge in [0.05, 0.1) is 11.8 Å². The zero-order valence-electron chi connectivity index (χ0n) is 12.9. The molecule has 8 heteroatoms. The van der Waals surface area contributed by atoms with Gasteiger partial charge in [0.25, 0.3) is 0 Å². The molecule has 0 aliphatic carbocycles. The first-order valence-electron chi connectivity index (χ1n) is 7.42. The van der Waals surface area contributed by atoms with E-state index >= 15 is 0 Å². The van der Waals surface area contributed by atoms with Crippen molar-refractivity contribution >= 4 is 23.5 Å². The van der Waals surface area contributed by atoms with Crippen molar-refractivity contribution in [2.45, 2.75) is 19.5 Å². The maximum atomic E-state index is 13.0. The van der Waals surface area contributed by atoms with Crippen LogP contribution in [0.25, 0.3) is 0 Å². The Kier molecular flexibility index (Phi) is 5.42. The Hall–Kier alpha value is -1.76. The van der Waals surface area contributed by atoms with E-state index in [0.29, 0.717) is 11.4 Å². The van der Waals surface area contributed by atoms with Gasteiger partial charge in [-0.05, 0) is 24.1 Å². The fourth-order valence-electron chi connectivity index (χ4n) is 2.98. The van der Waals surface area contributed by atoms with Gasteiger partial charge in [-0.25, -0.2) is 0 Å². The first kappa shape index (κ1) is 18.6. The molecule has 0 aromatic heterocycles. The van der Waals surface area contributed by atoms with Crippen LogP contribution in [-0.2, 0) is 16.0 Å². The molecule has 1 aromatic rings. The molecule has 1 fully saturated rings. The van der Waals surface area contributed by atoms with Gasteiger partial charge < -0.3 is 10.0 Å². The predicted octanol–water partition coefficient (Wildman–Crippen LogP) is 3.24. The lowest BCUT2D eigenvalue weighted by atomic mass is 9.96. The van der Waals surface area contributed by atoms with E-state index in [2.05, 4.69) is 0 Å². The molecule has 1 amide bonds. The maximum absolute atomic E-state index is 13.0. The fourth-order valence-corrected chi connectivity index (χ4v) is 3.20. The third kappa shape index (κ3) is 4.20. The van der Waals surface area contributed by atoms with Crippen molar-refractivity contribution in [2.75, 3.05) is 13.1 Å². The van der Waals surface area contributed by atoms with E-state index < -0.39 is 48.9 Å². The Bertz CT molecular complexity index is 635. The van der Waals surface area contributed by atoms with Crippen LogP contribution in [0.4, 0.5) is 13.2 Å². The van der Waals surface area contributed by atoms with E-state index in [-0.39, 0.29) is 0 Å². The highest BCUT2D eigenvalue weighted by Gasteiger charge is 2.53. The van der Waals surface area contributed by atoms with Gasteiger partial charge in [-0.15, -0.1) is 0 Å². The highest BCUT2D eigenvalue weighted by atomic mass is 35.5. The minimum Gasteiger partial charge on any atom is -0.481 e. The lowest BCUT2D eigenvalue weighted by Gasteiger charge is -2.21. The number of likely N-dealkylation sites (tertiary alicyclic amines) is 1. The number of alkyl halides is 3. The van der Waals surface area contributed by atoms with Crippen LogP contribution in [0.1, 0.15) is 12.5 Å². The van der Waals surface area contributed by atoms with Crippen LogP contribution in [0.3, 0.4) is 0 Å². The minimum absolute atomic E-state index is 0.324. The SMILES string of the molecule is CC(Cc1cccc(Cl)c1)C(=O)N1C[C@@H](C(F)(F)F)[C@H](C(=O)O)C1. The molecule has 1 unspecified atom stereocenters. The summed E-state index contributed by atoms with van der Waals surface area (Å²) in [4.78, 5) is 24.5. The molecule has 1 saturated heterocycles. The zero-order chi connectivity index (χ0) is 18.1. The van der Waals surface area contributed by atoms with Gasteiger partial charge in [0, 0.05) is 24.0 Å². The minimum atomic E-state index is -4.64. The van der Waals surface area contributed by atoms with Gasteiger partial charge in [0.1, 0.15) is 0 Å². The van der Waals surface area contributed by atoms with Crippen molar-refractivity contribution in [3.05, 3.63) is 34.9 Å². The monoisotopic (exact) mass is 363 g/mol. The number of rotatable bonds is 4. The normalized spacial score (nSPS) is 22.5. The third-order valence-corrected chi connectivity index (χ3v) is 4.46. The van der Waals surface area contributed by atoms with Crippen LogP contribution in [-0.4, -0.2) is 41.1 Å². The number of nitrogens with zero attached hydrogens (tertiary/aromatic N) is 1. The molecule has 1 aromatic carbocycles. The molecule has 1 aliphatic heterocycles. The topological polar surface area (TPSA) is 57.6 Å². The van der Waals surface area contributed by atoms with E-state index in [1.54, 1.807) is 31.2 Å². The molecule has 0 saturated carbocycles.